The van der Waals surface area contributed by atoms with Crippen molar-refractivity contribution in [3.63, 3.8) is 0 Å². The van der Waals surface area contributed by atoms with Crippen molar-refractivity contribution in [3.05, 3.63) is 6.20 Å². The third-order valence-corrected chi connectivity index (χ3v) is 2.58. The summed E-state index contributed by atoms with van der Waals surface area (Å²) in [6.45, 7) is 10.5. The largest absolute Gasteiger partial charge is 0.444 e. The van der Waals surface area contributed by atoms with E-state index in [1.54, 1.807) is 25.7 Å². The molecule has 0 saturated heterocycles. The summed E-state index contributed by atoms with van der Waals surface area (Å²) in [7, 11) is 0. The second-order valence-electron chi connectivity index (χ2n) is 5.49. The average Bonchev–Trinajstić information content (AvgIpc) is 2.75. The molecule has 0 aliphatic carbocycles. The van der Waals surface area contributed by atoms with E-state index in [4.69, 9.17) is 4.74 Å². The first kappa shape index (κ1) is 16.9. The zero-order chi connectivity index (χ0) is 16.0. The van der Waals surface area contributed by atoms with Gasteiger partial charge in [0.05, 0.1) is 6.20 Å². The lowest BCUT2D eigenvalue weighted by molar-refractivity contribution is -0.131. The number of hydrogen-bond donors (Lipinski definition) is 1. The summed E-state index contributed by atoms with van der Waals surface area (Å²) in [6, 6.07) is 0. The molecule has 1 heterocycles. The smallest absolute Gasteiger partial charge is 0.413 e. The van der Waals surface area contributed by atoms with Gasteiger partial charge >= 0.3 is 6.09 Å². The maximum absolute atomic E-state index is 11.9. The number of hydrogen-bond acceptors (Lipinski definition) is 5. The number of ether oxygens (including phenoxy) is 1. The predicted octanol–water partition coefficient (Wildman–Crippen LogP) is 1.49. The SMILES string of the molecule is CCN(CC)C(=O)Cn1cc(NC(=O)OC(C)(C)C)nn1. The predicted molar refractivity (Wildman–Crippen MR) is 77.8 cm³/mol. The standard InChI is InChI=1S/C13H23N5O3/c1-6-17(7-2)11(19)9-18-8-10(15-16-18)14-12(20)21-13(3,4)5/h8H,6-7,9H2,1-5H3,(H,14,20). The molecule has 0 radical (unpaired) electrons. The zero-order valence-electron chi connectivity index (χ0n) is 13.2. The Labute approximate surface area is 124 Å². The fraction of sp³-hybridized carbons (Fsp3) is 0.692. The quantitative estimate of drug-likeness (QED) is 0.889. The topological polar surface area (TPSA) is 89.4 Å². The fourth-order valence-electron chi connectivity index (χ4n) is 1.66. The van der Waals surface area contributed by atoms with Crippen LogP contribution in [0.5, 0.6) is 0 Å². The molecule has 21 heavy (non-hydrogen) atoms. The van der Waals surface area contributed by atoms with Crippen molar-refractivity contribution in [3.8, 4) is 0 Å². The summed E-state index contributed by atoms with van der Waals surface area (Å²) in [5, 5.41) is 10.1. The first-order chi connectivity index (χ1) is 9.75. The second-order valence-corrected chi connectivity index (χ2v) is 5.49. The molecule has 0 aromatic carbocycles. The lowest BCUT2D eigenvalue weighted by Gasteiger charge is -2.19. The molecular formula is C13H23N5O3. The third kappa shape index (κ3) is 5.80. The Kier molecular flexibility index (Phi) is 5.69. The Hall–Kier alpha value is -2.12. The van der Waals surface area contributed by atoms with Gasteiger partial charge in [0.25, 0.3) is 0 Å². The number of rotatable bonds is 5. The maximum Gasteiger partial charge on any atom is 0.413 e. The van der Waals surface area contributed by atoms with Gasteiger partial charge in [0.15, 0.2) is 5.82 Å². The van der Waals surface area contributed by atoms with Crippen LogP contribution in [0.4, 0.5) is 10.6 Å². The van der Waals surface area contributed by atoms with Crippen LogP contribution in [-0.2, 0) is 16.1 Å². The van der Waals surface area contributed by atoms with Crippen molar-refractivity contribution in [2.45, 2.75) is 46.8 Å². The number of carbonyl (C=O) groups is 2. The number of carbonyl (C=O) groups excluding carboxylic acids is 2. The lowest BCUT2D eigenvalue weighted by atomic mass is 10.2. The number of nitrogens with one attached hydrogen (secondary N) is 1. The van der Waals surface area contributed by atoms with Crippen LogP contribution < -0.4 is 5.32 Å². The van der Waals surface area contributed by atoms with Crippen molar-refractivity contribution in [1.82, 2.24) is 19.9 Å². The van der Waals surface area contributed by atoms with E-state index in [-0.39, 0.29) is 18.3 Å². The Bertz CT molecular complexity index is 488. The monoisotopic (exact) mass is 297 g/mol. The highest BCUT2D eigenvalue weighted by atomic mass is 16.6. The molecule has 8 heteroatoms. The number of likely N-dealkylation sites (N-methyl/N-ethyl adjacent to an activating group) is 1. The summed E-state index contributed by atoms with van der Waals surface area (Å²) in [5.74, 6) is 0.199. The van der Waals surface area contributed by atoms with Crippen molar-refractivity contribution < 1.29 is 14.3 Å². The van der Waals surface area contributed by atoms with Crippen LogP contribution in [0.15, 0.2) is 6.20 Å². The molecule has 8 nitrogen and oxygen atoms in total. The highest BCUT2D eigenvalue weighted by Crippen LogP contribution is 2.09. The molecule has 0 fully saturated rings. The highest BCUT2D eigenvalue weighted by molar-refractivity contribution is 5.83. The molecule has 1 N–H and O–H groups in total. The van der Waals surface area contributed by atoms with Crippen molar-refractivity contribution in [1.29, 1.82) is 0 Å². The van der Waals surface area contributed by atoms with Crippen molar-refractivity contribution >= 4 is 17.8 Å². The van der Waals surface area contributed by atoms with Crippen LogP contribution in [-0.4, -0.2) is 50.6 Å². The molecule has 0 bridgehead atoms. The fourth-order valence-corrected chi connectivity index (χ4v) is 1.66. The van der Waals surface area contributed by atoms with Crippen LogP contribution in [0.1, 0.15) is 34.6 Å². The first-order valence-electron chi connectivity index (χ1n) is 6.93. The summed E-state index contributed by atoms with van der Waals surface area (Å²) in [5.41, 5.74) is -0.585. The van der Waals surface area contributed by atoms with Crippen LogP contribution in [0.25, 0.3) is 0 Å². The summed E-state index contributed by atoms with van der Waals surface area (Å²) in [6.07, 6.45) is 0.885. The van der Waals surface area contributed by atoms with E-state index in [1.807, 2.05) is 13.8 Å². The number of nitrogens with zero attached hydrogens (tertiary/aromatic N) is 4. The summed E-state index contributed by atoms with van der Waals surface area (Å²) >= 11 is 0. The van der Waals surface area contributed by atoms with E-state index in [0.717, 1.165) is 0 Å². The molecule has 1 rings (SSSR count). The molecule has 0 unspecified atom stereocenters. The van der Waals surface area contributed by atoms with Crippen molar-refractivity contribution in [2.24, 2.45) is 0 Å². The van der Waals surface area contributed by atoms with E-state index in [2.05, 4.69) is 15.6 Å². The molecule has 0 aliphatic rings. The second kappa shape index (κ2) is 7.05. The summed E-state index contributed by atoms with van der Waals surface area (Å²) in [4.78, 5) is 25.2. The van der Waals surface area contributed by atoms with Gasteiger partial charge in [0.1, 0.15) is 12.1 Å². The third-order valence-electron chi connectivity index (χ3n) is 2.58. The Balaban J connectivity index is 2.57. The van der Waals surface area contributed by atoms with Crippen LogP contribution >= 0.6 is 0 Å². The minimum atomic E-state index is -0.607. The normalized spacial score (nSPS) is 11.1. The molecular weight excluding hydrogens is 274 g/mol. The van der Waals surface area contributed by atoms with Crippen molar-refractivity contribution in [2.75, 3.05) is 18.4 Å². The van der Waals surface area contributed by atoms with Gasteiger partial charge in [-0.2, -0.15) is 0 Å². The Morgan fingerprint density at radius 3 is 2.48 bits per heavy atom. The summed E-state index contributed by atoms with van der Waals surface area (Å²) < 4.78 is 6.49. The molecule has 118 valence electrons. The van der Waals surface area contributed by atoms with Crippen LogP contribution in [0.3, 0.4) is 0 Å². The first-order valence-corrected chi connectivity index (χ1v) is 6.93. The molecule has 0 atom stereocenters. The molecule has 2 amide bonds. The number of anilines is 1. The van der Waals surface area contributed by atoms with Gasteiger partial charge in [0, 0.05) is 13.1 Å². The van der Waals surface area contributed by atoms with Gasteiger partial charge in [-0.25, -0.2) is 9.48 Å². The van der Waals surface area contributed by atoms with Gasteiger partial charge in [-0.15, -0.1) is 5.10 Å². The van der Waals surface area contributed by atoms with Gasteiger partial charge in [-0.3, -0.25) is 10.1 Å². The average molecular weight is 297 g/mol. The van der Waals surface area contributed by atoms with E-state index < -0.39 is 11.7 Å². The molecule has 0 spiro atoms. The van der Waals surface area contributed by atoms with Gasteiger partial charge in [-0.1, -0.05) is 5.21 Å². The van der Waals surface area contributed by atoms with E-state index in [9.17, 15) is 9.59 Å². The minimum absolute atomic E-state index is 0.0475. The number of aromatic nitrogens is 3. The van der Waals surface area contributed by atoms with E-state index >= 15 is 0 Å². The Morgan fingerprint density at radius 2 is 1.95 bits per heavy atom. The molecule has 1 aromatic heterocycles. The van der Waals surface area contributed by atoms with Gasteiger partial charge in [0.2, 0.25) is 5.91 Å². The Morgan fingerprint density at radius 1 is 1.33 bits per heavy atom. The lowest BCUT2D eigenvalue weighted by Crippen LogP contribution is -2.33. The molecule has 1 aromatic rings. The highest BCUT2D eigenvalue weighted by Gasteiger charge is 2.17. The number of amides is 2. The van der Waals surface area contributed by atoms with E-state index in [0.29, 0.717) is 13.1 Å². The van der Waals surface area contributed by atoms with Crippen LogP contribution in [0.2, 0.25) is 0 Å². The van der Waals surface area contributed by atoms with E-state index in [1.165, 1.54) is 10.9 Å². The van der Waals surface area contributed by atoms with Gasteiger partial charge < -0.3 is 9.64 Å². The minimum Gasteiger partial charge on any atom is -0.444 e. The molecule has 0 aliphatic heterocycles. The maximum atomic E-state index is 11.9. The van der Waals surface area contributed by atoms with Gasteiger partial charge in [-0.05, 0) is 34.6 Å². The van der Waals surface area contributed by atoms with Crippen LogP contribution in [0, 0.1) is 0 Å². The zero-order valence-corrected chi connectivity index (χ0v) is 13.2. The molecule has 0 saturated carbocycles.